The molecule has 0 unspecified atom stereocenters. The zero-order valence-corrected chi connectivity index (χ0v) is 7.92. The molecule has 16 heavy (non-hydrogen) atoms. The first-order valence-corrected chi connectivity index (χ1v) is 3.81. The summed E-state index contributed by atoms with van der Waals surface area (Å²) >= 11 is 0. The molecule has 8 heteroatoms. The minimum absolute atomic E-state index is 0. The van der Waals surface area contributed by atoms with Crippen LogP contribution < -0.4 is 0 Å². The van der Waals surface area contributed by atoms with Gasteiger partial charge in [0.15, 0.2) is 5.57 Å². The van der Waals surface area contributed by atoms with Crippen molar-refractivity contribution in [2.24, 2.45) is 0 Å². The van der Waals surface area contributed by atoms with E-state index >= 15 is 0 Å². The number of carbonyl (C=O) groups excluding carboxylic acids is 1. The van der Waals surface area contributed by atoms with E-state index in [1.54, 1.807) is 0 Å². The molecule has 0 saturated carbocycles. The molecule has 0 atom stereocenters. The van der Waals surface area contributed by atoms with Gasteiger partial charge in [0.25, 0.3) is 0 Å². The van der Waals surface area contributed by atoms with Crippen molar-refractivity contribution in [3.8, 4) is 6.07 Å². The van der Waals surface area contributed by atoms with Crippen LogP contribution in [0.2, 0.25) is 0 Å². The molecule has 0 aromatic heterocycles. The molecule has 0 heterocycles. The third-order valence-corrected chi connectivity index (χ3v) is 1.16. The molecule has 1 N–H and O–H groups in total. The van der Waals surface area contributed by atoms with E-state index in [1.807, 2.05) is 0 Å². The molecule has 86 valence electrons. The predicted molar refractivity (Wildman–Crippen MR) is 49.7 cm³/mol. The van der Waals surface area contributed by atoms with Crippen LogP contribution in [0.25, 0.3) is 0 Å². The van der Waals surface area contributed by atoms with Gasteiger partial charge in [0, 0.05) is 0 Å². The van der Waals surface area contributed by atoms with Crippen molar-refractivity contribution < 1.29 is 27.8 Å². The number of hydrogen-bond acceptors (Lipinski definition) is 4. The van der Waals surface area contributed by atoms with E-state index in [4.69, 9.17) is 10.4 Å². The van der Waals surface area contributed by atoms with Crippen molar-refractivity contribution in [3.63, 3.8) is 0 Å². The zero-order valence-electron chi connectivity index (χ0n) is 7.92. The van der Waals surface area contributed by atoms with Crippen molar-refractivity contribution in [1.82, 2.24) is 0 Å². The number of nitrogens with zero attached hydrogens (tertiary/aromatic N) is 1. The normalized spacial score (nSPS) is 12.3. The molecule has 4 nitrogen and oxygen atoms in total. The number of nitriles is 1. The summed E-state index contributed by atoms with van der Waals surface area (Å²) in [6.07, 6.45) is -5.82. The number of aliphatic hydroxyl groups excluding tert-OH is 1. The first-order valence-electron chi connectivity index (χ1n) is 3.81. The average molecular weight is 247 g/mol. The van der Waals surface area contributed by atoms with Crippen LogP contribution in [0.1, 0.15) is 13.8 Å². The second-order valence-corrected chi connectivity index (χ2v) is 2.79. The van der Waals surface area contributed by atoms with Crippen LogP contribution in [0.4, 0.5) is 13.2 Å². The van der Waals surface area contributed by atoms with Gasteiger partial charge in [-0.05, 0) is 13.8 Å². The molecule has 0 aromatic carbocycles. The van der Waals surface area contributed by atoms with Gasteiger partial charge < -0.3 is 9.84 Å². The van der Waals surface area contributed by atoms with Gasteiger partial charge in [-0.15, -0.1) is 0 Å². The van der Waals surface area contributed by atoms with Gasteiger partial charge in [-0.2, -0.15) is 18.4 Å². The molecule has 0 amide bonds. The summed E-state index contributed by atoms with van der Waals surface area (Å²) in [5, 5.41) is 16.8. The van der Waals surface area contributed by atoms with Crippen LogP contribution >= 0.6 is 0 Å². The van der Waals surface area contributed by atoms with Crippen LogP contribution in [-0.4, -0.2) is 52.9 Å². The summed E-state index contributed by atoms with van der Waals surface area (Å²) in [7, 11) is 0. The Morgan fingerprint density at radius 1 is 1.44 bits per heavy atom. The Morgan fingerprint density at radius 2 is 1.88 bits per heavy atom. The van der Waals surface area contributed by atoms with E-state index < -0.39 is 29.6 Å². The van der Waals surface area contributed by atoms with Crippen LogP contribution in [0.5, 0.6) is 0 Å². The Hall–Kier alpha value is -0.710. The van der Waals surface area contributed by atoms with Gasteiger partial charge in [-0.25, -0.2) is 4.79 Å². The molecule has 0 saturated heterocycles. The third-order valence-electron chi connectivity index (χ3n) is 1.16. The van der Waals surface area contributed by atoms with E-state index in [-0.39, 0.29) is 29.6 Å². The number of esters is 1. The van der Waals surface area contributed by atoms with Crippen molar-refractivity contribution in [3.05, 3.63) is 11.3 Å². The quantitative estimate of drug-likeness (QED) is 0.261. The number of alkyl halides is 3. The average Bonchev–Trinajstić information content (AvgIpc) is 2.01. The number of hydrogen-bond donors (Lipinski definition) is 1. The number of allylic oxidation sites excluding steroid dienone is 1. The monoisotopic (exact) mass is 247 g/mol. The molecule has 0 rings (SSSR count). The molecule has 0 bridgehead atoms. The molecular formula is C8H9F3NNaO3. The maximum atomic E-state index is 11.9. The van der Waals surface area contributed by atoms with Gasteiger partial charge >= 0.3 is 41.7 Å². The molecule has 0 aliphatic carbocycles. The molecule has 0 fully saturated rings. The Labute approximate surface area is 112 Å². The van der Waals surface area contributed by atoms with E-state index in [2.05, 4.69) is 4.74 Å². The van der Waals surface area contributed by atoms with E-state index in [9.17, 15) is 18.0 Å². The summed E-state index contributed by atoms with van der Waals surface area (Å²) in [4.78, 5) is 10.9. The summed E-state index contributed by atoms with van der Waals surface area (Å²) < 4.78 is 40.1. The van der Waals surface area contributed by atoms with Gasteiger partial charge in [0.1, 0.15) is 6.07 Å². The zero-order chi connectivity index (χ0) is 12.2. The van der Waals surface area contributed by atoms with Crippen LogP contribution in [0.15, 0.2) is 11.3 Å². The number of rotatable bonds is 2. The fraction of sp³-hybridized carbons (Fsp3) is 0.500. The number of ether oxygens (including phenoxy) is 1. The summed E-state index contributed by atoms with van der Waals surface area (Å²) in [6, 6.07) is 0.949. The first-order chi connectivity index (χ1) is 6.70. The fourth-order valence-corrected chi connectivity index (χ4v) is 0.610. The van der Waals surface area contributed by atoms with Gasteiger partial charge in [-0.3, -0.25) is 0 Å². The van der Waals surface area contributed by atoms with Crippen LogP contribution in [-0.2, 0) is 9.53 Å². The van der Waals surface area contributed by atoms with Crippen molar-refractivity contribution in [2.75, 3.05) is 0 Å². The van der Waals surface area contributed by atoms with E-state index in [1.165, 1.54) is 13.8 Å². The Balaban J connectivity index is 0. The predicted octanol–water partition coefficient (Wildman–Crippen LogP) is 1.19. The number of carbonyl (C=O) groups is 1. The Kier molecular flexibility index (Phi) is 7.49. The van der Waals surface area contributed by atoms with Gasteiger partial charge in [-0.1, -0.05) is 0 Å². The van der Waals surface area contributed by atoms with E-state index in [0.29, 0.717) is 0 Å². The second-order valence-electron chi connectivity index (χ2n) is 2.79. The topological polar surface area (TPSA) is 70.3 Å². The second kappa shape index (κ2) is 6.78. The third kappa shape index (κ3) is 5.39. The summed E-state index contributed by atoms with van der Waals surface area (Å²) in [6.45, 7) is 2.80. The first kappa shape index (κ1) is 17.7. The molecule has 0 radical (unpaired) electrons. The Bertz CT molecular complexity index is 330. The van der Waals surface area contributed by atoms with Crippen molar-refractivity contribution in [2.45, 2.75) is 26.1 Å². The molecule has 0 spiro atoms. The van der Waals surface area contributed by atoms with Crippen molar-refractivity contribution >= 4 is 35.5 Å². The van der Waals surface area contributed by atoms with E-state index in [0.717, 1.165) is 6.07 Å². The SMILES string of the molecule is CC(C)OC(=O)/C(C#N)=C(\O)C(F)(F)F.[NaH]. The summed E-state index contributed by atoms with van der Waals surface area (Å²) in [5.41, 5.74) is -1.45. The van der Waals surface area contributed by atoms with Crippen LogP contribution in [0.3, 0.4) is 0 Å². The molecular weight excluding hydrogens is 238 g/mol. The van der Waals surface area contributed by atoms with Gasteiger partial charge in [0.2, 0.25) is 5.76 Å². The molecule has 0 aliphatic heterocycles. The number of halogens is 3. The standard InChI is InChI=1S/C8H8F3NO3.Na.H/c1-4(2)15-7(14)5(3-12)6(13)8(9,10)11;;/h4,13H,1-2H3;;/b6-5-;;. The fourth-order valence-electron chi connectivity index (χ4n) is 0.610. The van der Waals surface area contributed by atoms with Crippen molar-refractivity contribution in [1.29, 1.82) is 5.26 Å². The molecule has 0 aliphatic rings. The Morgan fingerprint density at radius 3 is 2.12 bits per heavy atom. The van der Waals surface area contributed by atoms with Gasteiger partial charge in [0.05, 0.1) is 6.10 Å². The molecule has 0 aromatic rings. The maximum absolute atomic E-state index is 11.9. The summed E-state index contributed by atoms with van der Waals surface area (Å²) in [5.74, 6) is -3.74. The minimum atomic E-state index is -5.14. The number of aliphatic hydroxyl groups is 1. The van der Waals surface area contributed by atoms with Crippen LogP contribution in [0, 0.1) is 11.3 Å².